The molecule has 2 aliphatic rings. The first-order valence-electron chi connectivity index (χ1n) is 16.0. The maximum absolute atomic E-state index is 14.2. The van der Waals surface area contributed by atoms with E-state index >= 15 is 0 Å². The van der Waals surface area contributed by atoms with Crippen LogP contribution in [0.2, 0.25) is 0 Å². The monoisotopic (exact) mass is 601 g/mol. The summed E-state index contributed by atoms with van der Waals surface area (Å²) in [6, 6.07) is 54.7. The Balaban J connectivity index is 1.21. The van der Waals surface area contributed by atoms with Crippen LogP contribution in [0.3, 0.4) is 0 Å². The van der Waals surface area contributed by atoms with Crippen molar-refractivity contribution in [2.45, 2.75) is 5.92 Å². The lowest BCUT2D eigenvalue weighted by Gasteiger charge is -2.26. The lowest BCUT2D eigenvalue weighted by Crippen LogP contribution is -2.10. The van der Waals surface area contributed by atoms with E-state index in [1.165, 1.54) is 11.1 Å². The van der Waals surface area contributed by atoms with Gasteiger partial charge in [-0.15, -0.1) is 0 Å². The molecule has 0 radical (unpaired) electrons. The number of nitrogens with zero attached hydrogens (tertiary/aromatic N) is 1. The lowest BCUT2D eigenvalue weighted by atomic mass is 9.85. The molecule has 220 valence electrons. The first kappa shape index (κ1) is 26.1. The highest BCUT2D eigenvalue weighted by Gasteiger charge is 2.40. The van der Waals surface area contributed by atoms with Gasteiger partial charge in [0.2, 0.25) is 0 Å². The molecule has 0 aliphatic heterocycles. The third-order valence-corrected chi connectivity index (χ3v) is 9.89. The summed E-state index contributed by atoms with van der Waals surface area (Å²) >= 11 is 0. The molecule has 0 N–H and O–H groups in total. The van der Waals surface area contributed by atoms with Gasteiger partial charge in [-0.1, -0.05) is 109 Å². The summed E-state index contributed by atoms with van der Waals surface area (Å²) in [4.78, 5) is 16.5. The van der Waals surface area contributed by atoms with Crippen LogP contribution in [0.5, 0.6) is 0 Å². The van der Waals surface area contributed by atoms with Crippen molar-refractivity contribution in [3.63, 3.8) is 0 Å². The second-order valence-electron chi connectivity index (χ2n) is 12.4. The zero-order chi connectivity index (χ0) is 31.1. The Hall–Kier alpha value is -6.19. The number of carbonyl (C=O) groups is 1. The van der Waals surface area contributed by atoms with E-state index in [-0.39, 0.29) is 11.7 Å². The minimum atomic E-state index is -0.109. The second kappa shape index (κ2) is 9.90. The Kier molecular flexibility index (Phi) is 5.49. The van der Waals surface area contributed by atoms with Crippen molar-refractivity contribution >= 4 is 44.8 Å². The Bertz CT molecular complexity index is 2490. The molecular formula is C44H27NO2. The number of benzene rings is 7. The van der Waals surface area contributed by atoms with Gasteiger partial charge < -0.3 is 9.32 Å². The minimum absolute atomic E-state index is 0.106. The van der Waals surface area contributed by atoms with Gasteiger partial charge in [0.1, 0.15) is 11.2 Å². The Morgan fingerprint density at radius 3 is 1.83 bits per heavy atom. The van der Waals surface area contributed by atoms with E-state index in [1.807, 2.05) is 42.5 Å². The van der Waals surface area contributed by atoms with Crippen molar-refractivity contribution in [3.05, 3.63) is 186 Å². The Morgan fingerprint density at radius 1 is 0.468 bits per heavy atom. The van der Waals surface area contributed by atoms with Crippen molar-refractivity contribution < 1.29 is 9.21 Å². The summed E-state index contributed by atoms with van der Waals surface area (Å²) in [6.45, 7) is 0. The molecule has 1 unspecified atom stereocenters. The van der Waals surface area contributed by atoms with Gasteiger partial charge in [0.15, 0.2) is 5.78 Å². The molecule has 0 spiro atoms. The normalized spacial score (nSPS) is 14.2. The molecule has 10 rings (SSSR count). The Labute approximate surface area is 272 Å². The summed E-state index contributed by atoms with van der Waals surface area (Å²) in [5.41, 5.74) is 14.4. The molecule has 7 aromatic carbocycles. The molecule has 0 saturated heterocycles. The third-order valence-electron chi connectivity index (χ3n) is 9.89. The molecular weight excluding hydrogens is 574 g/mol. The third kappa shape index (κ3) is 3.71. The highest BCUT2D eigenvalue weighted by Crippen LogP contribution is 2.56. The van der Waals surface area contributed by atoms with Crippen LogP contribution in [0.4, 0.5) is 17.1 Å². The van der Waals surface area contributed by atoms with Gasteiger partial charge in [-0.05, 0) is 87.5 Å². The predicted molar refractivity (Wildman–Crippen MR) is 190 cm³/mol. The van der Waals surface area contributed by atoms with Gasteiger partial charge in [0, 0.05) is 44.9 Å². The number of rotatable bonds is 4. The van der Waals surface area contributed by atoms with E-state index in [2.05, 4.69) is 120 Å². The minimum Gasteiger partial charge on any atom is -0.456 e. The molecule has 3 heteroatoms. The molecule has 0 fully saturated rings. The molecule has 0 amide bonds. The van der Waals surface area contributed by atoms with Crippen molar-refractivity contribution in [1.29, 1.82) is 0 Å². The number of anilines is 3. The number of carbonyl (C=O) groups excluding carboxylic acids is 1. The van der Waals surface area contributed by atoms with Gasteiger partial charge in [-0.2, -0.15) is 0 Å². The molecule has 1 heterocycles. The van der Waals surface area contributed by atoms with Crippen LogP contribution in [-0.4, -0.2) is 5.78 Å². The fraction of sp³-hybridized carbons (Fsp3) is 0.0227. The fourth-order valence-electron chi connectivity index (χ4n) is 7.94. The second-order valence-corrected chi connectivity index (χ2v) is 12.4. The smallest absolute Gasteiger partial charge is 0.194 e. The van der Waals surface area contributed by atoms with Crippen LogP contribution in [0.1, 0.15) is 38.5 Å². The van der Waals surface area contributed by atoms with E-state index < -0.39 is 0 Å². The molecule has 0 saturated carbocycles. The topological polar surface area (TPSA) is 33.5 Å². The molecule has 3 nitrogen and oxygen atoms in total. The Morgan fingerprint density at radius 2 is 1.09 bits per heavy atom. The summed E-state index contributed by atoms with van der Waals surface area (Å²) in [7, 11) is 0. The van der Waals surface area contributed by atoms with E-state index in [9.17, 15) is 4.79 Å². The molecule has 2 aliphatic carbocycles. The average Bonchev–Trinajstić information content (AvgIpc) is 3.77. The SMILES string of the molecule is O=C1c2ccccc2-c2ccc3c(c21)C(c1ccc(N(c2ccccc2)c2ccccc2)cc1)c1ccc2oc4ccccc4c2c1-3. The van der Waals surface area contributed by atoms with Crippen LogP contribution in [0.25, 0.3) is 44.2 Å². The van der Waals surface area contributed by atoms with Crippen LogP contribution < -0.4 is 4.90 Å². The highest BCUT2D eigenvalue weighted by atomic mass is 16.3. The molecule has 1 aromatic heterocycles. The summed E-state index contributed by atoms with van der Waals surface area (Å²) in [6.07, 6.45) is 0. The van der Waals surface area contributed by atoms with E-state index in [0.29, 0.717) is 0 Å². The maximum atomic E-state index is 14.2. The van der Waals surface area contributed by atoms with Crippen LogP contribution in [0.15, 0.2) is 162 Å². The number of para-hydroxylation sites is 3. The molecule has 8 aromatic rings. The van der Waals surface area contributed by atoms with Crippen LogP contribution in [0, 0.1) is 0 Å². The quantitative estimate of drug-likeness (QED) is 0.201. The zero-order valence-corrected chi connectivity index (χ0v) is 25.4. The summed E-state index contributed by atoms with van der Waals surface area (Å²) < 4.78 is 6.35. The number of hydrogen-bond acceptors (Lipinski definition) is 3. The van der Waals surface area contributed by atoms with Gasteiger partial charge in [-0.25, -0.2) is 0 Å². The van der Waals surface area contributed by atoms with E-state index in [4.69, 9.17) is 4.42 Å². The van der Waals surface area contributed by atoms with Gasteiger partial charge >= 0.3 is 0 Å². The van der Waals surface area contributed by atoms with Gasteiger partial charge in [-0.3, -0.25) is 4.79 Å². The van der Waals surface area contributed by atoms with Crippen molar-refractivity contribution in [2.24, 2.45) is 0 Å². The zero-order valence-electron chi connectivity index (χ0n) is 25.4. The summed E-state index contributed by atoms with van der Waals surface area (Å²) in [5, 5.41) is 2.21. The van der Waals surface area contributed by atoms with Gasteiger partial charge in [0.05, 0.1) is 0 Å². The first-order valence-corrected chi connectivity index (χ1v) is 16.0. The number of hydrogen-bond donors (Lipinski definition) is 0. The molecule has 47 heavy (non-hydrogen) atoms. The number of ketones is 1. The average molecular weight is 602 g/mol. The number of furan rings is 1. The van der Waals surface area contributed by atoms with Crippen LogP contribution >= 0.6 is 0 Å². The lowest BCUT2D eigenvalue weighted by molar-refractivity contribution is 0.104. The van der Waals surface area contributed by atoms with Crippen molar-refractivity contribution in [1.82, 2.24) is 0 Å². The van der Waals surface area contributed by atoms with Crippen molar-refractivity contribution in [3.8, 4) is 22.3 Å². The standard InChI is InChI=1S/C44H27NO2/c46-44-33-16-8-7-15-31(33)32-23-24-36-40-35(25-26-38-41(40)34-17-9-10-18-37(34)47-38)39(42(36)43(32)44)27-19-21-30(22-20-27)45(28-11-3-1-4-12-28)29-13-5-2-6-14-29/h1-26,39H. The largest absolute Gasteiger partial charge is 0.456 e. The van der Waals surface area contributed by atoms with Gasteiger partial charge in [0.25, 0.3) is 0 Å². The molecule has 1 atom stereocenters. The number of fused-ring (bicyclic) bond motifs is 11. The maximum Gasteiger partial charge on any atom is 0.194 e. The first-order chi connectivity index (χ1) is 23.3. The van der Waals surface area contributed by atoms with E-state index in [0.717, 1.165) is 77.9 Å². The summed E-state index contributed by atoms with van der Waals surface area (Å²) in [5.74, 6) is -0.00303. The molecule has 0 bridgehead atoms. The van der Waals surface area contributed by atoms with Crippen LogP contribution in [-0.2, 0) is 0 Å². The predicted octanol–water partition coefficient (Wildman–Crippen LogP) is 11.4. The highest BCUT2D eigenvalue weighted by molar-refractivity contribution is 6.25. The van der Waals surface area contributed by atoms with Crippen molar-refractivity contribution in [2.75, 3.05) is 4.90 Å². The fourth-order valence-corrected chi connectivity index (χ4v) is 7.94. The van der Waals surface area contributed by atoms with E-state index in [1.54, 1.807) is 0 Å².